The third-order valence-corrected chi connectivity index (χ3v) is 32.2. The first-order valence-corrected chi connectivity index (χ1v) is 53.6. The number of hydrogen-bond acceptors (Lipinski definition) is 10. The largest absolute Gasteiger partial charge is 0.372 e. The molecule has 8 aliphatic heterocycles. The highest BCUT2D eigenvalue weighted by Gasteiger charge is 2.37. The number of hydrogen-bond donors (Lipinski definition) is 0. The van der Waals surface area contributed by atoms with Gasteiger partial charge in [-0.05, 0) is 379 Å². The third kappa shape index (κ3) is 46.7. The number of rotatable bonds is 12. The van der Waals surface area contributed by atoms with Gasteiger partial charge in [0, 0.05) is 77.0 Å². The maximum atomic E-state index is 4.30. The van der Waals surface area contributed by atoms with Gasteiger partial charge in [0.1, 0.15) is 0 Å². The average molecular weight is 1790 g/mol. The van der Waals surface area contributed by atoms with E-state index < -0.39 is 0 Å². The molecule has 0 radical (unpaired) electrons. The molecule has 9 heterocycles. The Bertz CT molecular complexity index is 3410. The van der Waals surface area contributed by atoms with E-state index in [2.05, 4.69) is 358 Å². The molecular formula is C119H214N10. The van der Waals surface area contributed by atoms with Gasteiger partial charge in [-0.15, -0.1) is 0 Å². The lowest BCUT2D eigenvalue weighted by Crippen LogP contribution is -2.49. The topological polar surface area (TPSA) is 51.7 Å². The molecule has 0 amide bonds. The molecule has 14 rings (SSSR count). The van der Waals surface area contributed by atoms with Gasteiger partial charge in [0.2, 0.25) is 5.95 Å². The maximum absolute atomic E-state index is 4.30. The second kappa shape index (κ2) is 53.2. The Morgan fingerprint density at radius 3 is 0.837 bits per heavy atom. The SMILES string of the molecule is CC(C)(C)C1CCN(c2ncccn2)CC1.CC(C)(C)CCC1CCN(CC2CC2)CC1.CC1CCC(CCC(C)(C)C)CC1.CN1CC(C(C)(C)C)C1.CN1CCC(C(C)(C)C)CC1.CN1CCC(C(C)(C)C)CC1.Cc1ccc(CN2CCC(C(C)(C)C)CC2)cc1.Cc1ccc(CN2CCC(C(C)(C)C)CC2)cc1.Cc1ccc(N2CCC(C(C)(C)C)CC2)cc1. The number of piperidine rings is 7. The molecule has 10 aliphatic rings. The molecule has 0 unspecified atom stereocenters. The molecule has 0 spiro atoms. The van der Waals surface area contributed by atoms with Crippen LogP contribution in [0.1, 0.15) is 376 Å². The van der Waals surface area contributed by atoms with Crippen LogP contribution in [-0.2, 0) is 13.1 Å². The van der Waals surface area contributed by atoms with E-state index in [0.717, 1.165) is 97.2 Å². The summed E-state index contributed by atoms with van der Waals surface area (Å²) in [5, 5.41) is 0. The molecule has 3 aromatic carbocycles. The number of aryl methyl sites for hydroxylation is 3. The Morgan fingerprint density at radius 2 is 0.550 bits per heavy atom. The molecular weight excluding hydrogens is 1570 g/mol. The van der Waals surface area contributed by atoms with Crippen LogP contribution in [0.15, 0.2) is 91.3 Å². The van der Waals surface area contributed by atoms with Crippen LogP contribution in [-0.4, -0.2) is 172 Å². The van der Waals surface area contributed by atoms with Crippen LogP contribution in [0, 0.1) is 135 Å². The Labute approximate surface area is 803 Å². The van der Waals surface area contributed by atoms with Gasteiger partial charge in [-0.25, -0.2) is 9.97 Å². The Kier molecular flexibility index (Phi) is 46.9. The van der Waals surface area contributed by atoms with Crippen LogP contribution in [0.25, 0.3) is 0 Å². The first kappa shape index (κ1) is 114. The first-order chi connectivity index (χ1) is 59.9. The average Bonchev–Trinajstić information content (AvgIpc) is 1.31. The highest BCUT2D eigenvalue weighted by atomic mass is 15.2. The van der Waals surface area contributed by atoms with Gasteiger partial charge in [-0.1, -0.05) is 297 Å². The van der Waals surface area contributed by atoms with E-state index in [4.69, 9.17) is 0 Å². The monoisotopic (exact) mass is 1780 g/mol. The van der Waals surface area contributed by atoms with Crippen LogP contribution in [0.4, 0.5) is 11.6 Å². The highest BCUT2D eigenvalue weighted by Crippen LogP contribution is 2.43. The molecule has 0 N–H and O–H groups in total. The summed E-state index contributed by atoms with van der Waals surface area (Å²) < 4.78 is 0. The van der Waals surface area contributed by atoms with Crippen molar-refractivity contribution in [1.29, 1.82) is 0 Å². The van der Waals surface area contributed by atoms with Gasteiger partial charge in [0.25, 0.3) is 0 Å². The lowest BCUT2D eigenvalue weighted by atomic mass is 9.75. The van der Waals surface area contributed by atoms with E-state index in [1.165, 1.54) is 286 Å². The summed E-state index contributed by atoms with van der Waals surface area (Å²) in [6.07, 6.45) is 37.4. The second-order valence-corrected chi connectivity index (χ2v) is 53.6. The zero-order valence-electron chi connectivity index (χ0n) is 91.9. The van der Waals surface area contributed by atoms with Crippen molar-refractivity contribution >= 4 is 11.6 Å². The fourth-order valence-corrected chi connectivity index (χ4v) is 21.0. The minimum absolute atomic E-state index is 0.434. The molecule has 10 nitrogen and oxygen atoms in total. The summed E-state index contributed by atoms with van der Waals surface area (Å²) in [6, 6.07) is 28.8. The van der Waals surface area contributed by atoms with Gasteiger partial charge in [0.15, 0.2) is 0 Å². The zero-order valence-corrected chi connectivity index (χ0v) is 91.9. The van der Waals surface area contributed by atoms with Crippen molar-refractivity contribution in [3.8, 4) is 0 Å². The standard InChI is InChI=1S/2C17H27N.C16H25N.C15H29N.C13H21N3.C13H26.2C10H21N.C8H17N/c2*1-14-5-7-15(8-6-14)13-18-11-9-16(10-12-18)17(2,3)4;1-13-5-7-15(8-6-13)17-11-9-14(10-12-17)16(2,3)4;1-15(2,3)9-6-13-7-10-16(11-8-13)12-14-4-5-14;1-13(2,3)11-5-9-16(10-6-11)12-14-7-4-8-15-12;1-11-5-7-12(8-6-11)9-10-13(2,3)4;2*1-10(2,3)9-5-7-11(4)8-6-9;1-8(2,3)7-5-9(4)6-7/h2*5-8,16H,9-13H2,1-4H3;5-8,14H,9-12H2,1-4H3;13-14H,4-12H2,1-3H3;4,7-8,11H,5-6,9-10H2,1-3H3;11-12H,5-10H2,1-4H3;2*9H,5-8H2,1-4H3;7H,5-6H2,1-4H3. The van der Waals surface area contributed by atoms with Crippen molar-refractivity contribution in [2.45, 2.75) is 382 Å². The zero-order chi connectivity index (χ0) is 95.9. The van der Waals surface area contributed by atoms with Crippen molar-refractivity contribution in [3.63, 3.8) is 0 Å². The fraction of sp³-hybridized carbons (Fsp3) is 0.815. The predicted octanol–water partition coefficient (Wildman–Crippen LogP) is 30.4. The minimum Gasteiger partial charge on any atom is -0.372 e. The molecule has 1 aromatic heterocycles. The first-order valence-electron chi connectivity index (χ1n) is 53.6. The van der Waals surface area contributed by atoms with E-state index in [1.54, 1.807) is 0 Å². The summed E-state index contributed by atoms with van der Waals surface area (Å²) in [5.74, 6) is 11.4. The van der Waals surface area contributed by atoms with E-state index in [0.29, 0.717) is 48.7 Å². The summed E-state index contributed by atoms with van der Waals surface area (Å²) in [4.78, 5) is 28.6. The fourth-order valence-electron chi connectivity index (χ4n) is 21.0. The lowest BCUT2D eigenvalue weighted by Gasteiger charge is -2.44. The molecule has 0 atom stereocenters. The number of anilines is 2. The van der Waals surface area contributed by atoms with Crippen LogP contribution < -0.4 is 9.80 Å². The Morgan fingerprint density at radius 1 is 0.279 bits per heavy atom. The number of likely N-dealkylation sites (tertiary alicyclic amines) is 6. The number of benzene rings is 3. The number of aromatic nitrogens is 2. The van der Waals surface area contributed by atoms with Crippen molar-refractivity contribution in [3.05, 3.63) is 119 Å². The van der Waals surface area contributed by atoms with Crippen LogP contribution in [0.3, 0.4) is 0 Å². The van der Waals surface area contributed by atoms with Crippen LogP contribution in [0.2, 0.25) is 0 Å². The molecule has 740 valence electrons. The quantitative estimate of drug-likeness (QED) is 0.137. The van der Waals surface area contributed by atoms with Gasteiger partial charge < -0.3 is 29.4 Å². The van der Waals surface area contributed by atoms with Crippen molar-refractivity contribution in [1.82, 2.24) is 39.4 Å². The Balaban J connectivity index is 0.000000225. The molecule has 129 heavy (non-hydrogen) atoms. The van der Waals surface area contributed by atoms with Gasteiger partial charge in [-0.3, -0.25) is 9.80 Å². The van der Waals surface area contributed by atoms with Gasteiger partial charge in [0.05, 0.1) is 0 Å². The van der Waals surface area contributed by atoms with E-state index in [9.17, 15) is 0 Å². The summed E-state index contributed by atoms with van der Waals surface area (Å²) in [6.45, 7) is 96.5. The van der Waals surface area contributed by atoms with E-state index in [-0.39, 0.29) is 0 Å². The molecule has 4 aromatic rings. The van der Waals surface area contributed by atoms with Crippen LogP contribution in [0.5, 0.6) is 0 Å². The summed E-state index contributed by atoms with van der Waals surface area (Å²) in [7, 11) is 6.62. The molecule has 2 saturated carbocycles. The third-order valence-electron chi connectivity index (χ3n) is 32.2. The Hall–Kier alpha value is -3.90. The smallest absolute Gasteiger partial charge is 0.225 e. The molecule has 2 aliphatic carbocycles. The number of nitrogens with zero attached hydrogens (tertiary/aromatic N) is 10. The van der Waals surface area contributed by atoms with E-state index in [1.807, 2.05) is 18.5 Å². The molecule has 8 saturated heterocycles. The van der Waals surface area contributed by atoms with Crippen molar-refractivity contribution in [2.24, 2.45) is 114 Å². The predicted molar refractivity (Wildman–Crippen MR) is 569 cm³/mol. The molecule has 10 fully saturated rings. The lowest BCUT2D eigenvalue weighted by molar-refractivity contribution is 0.0459. The highest BCUT2D eigenvalue weighted by molar-refractivity contribution is 5.48. The second-order valence-electron chi connectivity index (χ2n) is 53.6. The van der Waals surface area contributed by atoms with Gasteiger partial charge in [-0.2, -0.15) is 0 Å². The van der Waals surface area contributed by atoms with Crippen LogP contribution >= 0.6 is 0 Å². The summed E-state index contributed by atoms with van der Waals surface area (Å²) >= 11 is 0. The molecule has 0 bridgehead atoms. The minimum atomic E-state index is 0.434. The van der Waals surface area contributed by atoms with Gasteiger partial charge >= 0.3 is 0 Å². The summed E-state index contributed by atoms with van der Waals surface area (Å²) in [5.41, 5.74) is 12.9. The van der Waals surface area contributed by atoms with Crippen molar-refractivity contribution < 1.29 is 0 Å². The normalized spacial score (nSPS) is 22.0. The van der Waals surface area contributed by atoms with Crippen molar-refractivity contribution in [2.75, 3.05) is 142 Å². The molecule has 10 heteroatoms. The maximum Gasteiger partial charge on any atom is 0.225 e. The van der Waals surface area contributed by atoms with E-state index >= 15 is 0 Å².